The molecule has 3 rings (SSSR count). The summed E-state index contributed by atoms with van der Waals surface area (Å²) in [5, 5.41) is 3.33. The van der Waals surface area contributed by atoms with E-state index in [2.05, 4.69) is 19.9 Å². The normalized spacial score (nSPS) is 23.3. The molecule has 1 saturated heterocycles. The number of alkyl halides is 3. The Bertz CT molecular complexity index is 731. The lowest BCUT2D eigenvalue weighted by Crippen LogP contribution is -2.47. The van der Waals surface area contributed by atoms with Crippen LogP contribution < -0.4 is 10.1 Å². The zero-order valence-corrected chi connectivity index (χ0v) is 15.8. The average Bonchev–Trinajstić information content (AvgIpc) is 3.44. The van der Waals surface area contributed by atoms with Gasteiger partial charge < -0.3 is 19.7 Å². The highest BCUT2D eigenvalue weighted by Crippen LogP contribution is 2.45. The second-order valence-electron chi connectivity index (χ2n) is 7.01. The number of carbonyl (C=O) groups excluding carboxylic acids is 1. The van der Waals surface area contributed by atoms with Crippen molar-refractivity contribution in [3.63, 3.8) is 0 Å². The number of para-hydroxylation sites is 1. The Hall–Kier alpha value is -2.45. The van der Waals surface area contributed by atoms with Crippen LogP contribution in [0.2, 0.25) is 0 Å². The molecule has 2 atom stereocenters. The predicted molar refractivity (Wildman–Crippen MR) is 97.1 cm³/mol. The molecule has 2 fully saturated rings. The Labute approximate surface area is 161 Å². The van der Waals surface area contributed by atoms with Crippen molar-refractivity contribution >= 4 is 11.9 Å². The molecule has 0 spiro atoms. The standard InChI is InChI=1S/C19H24F3N3O3/c1-23-18(25-9-7-12(8-10-25)17(26)27-2)24-15-11-14(15)13-5-3-4-6-16(13)28-19(20,21)22/h3-6,12,14-15H,7-11H2,1-2H3,(H,23,24). The van der Waals surface area contributed by atoms with Gasteiger partial charge in [-0.05, 0) is 30.9 Å². The van der Waals surface area contributed by atoms with E-state index < -0.39 is 6.36 Å². The van der Waals surface area contributed by atoms with Crippen LogP contribution in [0, 0.1) is 5.92 Å². The van der Waals surface area contributed by atoms with Crippen LogP contribution in [0.5, 0.6) is 5.75 Å². The van der Waals surface area contributed by atoms with Crippen LogP contribution in [0.3, 0.4) is 0 Å². The second kappa shape index (κ2) is 8.28. The van der Waals surface area contributed by atoms with Crippen LogP contribution in [0.1, 0.15) is 30.7 Å². The fourth-order valence-electron chi connectivity index (χ4n) is 3.66. The maximum atomic E-state index is 12.6. The minimum atomic E-state index is -4.71. The fraction of sp³-hybridized carbons (Fsp3) is 0.579. The molecular formula is C19H24F3N3O3. The van der Waals surface area contributed by atoms with Crippen molar-refractivity contribution in [2.24, 2.45) is 10.9 Å². The minimum absolute atomic E-state index is 0.00462. The van der Waals surface area contributed by atoms with Gasteiger partial charge in [0, 0.05) is 32.1 Å². The lowest BCUT2D eigenvalue weighted by Gasteiger charge is -2.33. The van der Waals surface area contributed by atoms with E-state index in [1.54, 1.807) is 19.2 Å². The average molecular weight is 399 g/mol. The summed E-state index contributed by atoms with van der Waals surface area (Å²) in [5.74, 6) is 0.191. The summed E-state index contributed by atoms with van der Waals surface area (Å²) >= 11 is 0. The summed E-state index contributed by atoms with van der Waals surface area (Å²) in [4.78, 5) is 18.0. The number of nitrogens with one attached hydrogen (secondary N) is 1. The molecule has 9 heteroatoms. The third kappa shape index (κ3) is 4.88. The summed E-state index contributed by atoms with van der Waals surface area (Å²) in [5.41, 5.74) is 0.539. The van der Waals surface area contributed by atoms with Gasteiger partial charge in [-0.25, -0.2) is 0 Å². The summed E-state index contributed by atoms with van der Waals surface area (Å²) in [6.45, 7) is 1.34. The molecule has 1 aromatic rings. The Morgan fingerprint density at radius 3 is 2.54 bits per heavy atom. The summed E-state index contributed by atoms with van der Waals surface area (Å²) in [6, 6.07) is 6.23. The number of esters is 1. The Morgan fingerprint density at radius 2 is 1.93 bits per heavy atom. The molecule has 0 amide bonds. The number of carbonyl (C=O) groups is 1. The van der Waals surface area contributed by atoms with E-state index in [0.29, 0.717) is 43.9 Å². The van der Waals surface area contributed by atoms with Crippen molar-refractivity contribution in [1.29, 1.82) is 0 Å². The molecule has 0 radical (unpaired) electrons. The molecule has 1 N–H and O–H groups in total. The first kappa shape index (κ1) is 20.3. The monoisotopic (exact) mass is 399 g/mol. The predicted octanol–water partition coefficient (Wildman–Crippen LogP) is 2.90. The quantitative estimate of drug-likeness (QED) is 0.479. The van der Waals surface area contributed by atoms with Crippen molar-refractivity contribution in [3.05, 3.63) is 29.8 Å². The second-order valence-corrected chi connectivity index (χ2v) is 7.01. The Balaban J connectivity index is 1.58. The van der Waals surface area contributed by atoms with Crippen LogP contribution in [-0.2, 0) is 9.53 Å². The van der Waals surface area contributed by atoms with Gasteiger partial charge in [0.25, 0.3) is 0 Å². The van der Waals surface area contributed by atoms with Gasteiger partial charge in [0.15, 0.2) is 5.96 Å². The molecule has 0 aromatic heterocycles. The van der Waals surface area contributed by atoms with Crippen LogP contribution in [-0.4, -0.2) is 56.5 Å². The highest BCUT2D eigenvalue weighted by atomic mass is 19.4. The number of guanidine groups is 1. The number of likely N-dealkylation sites (tertiary alicyclic amines) is 1. The van der Waals surface area contributed by atoms with Gasteiger partial charge in [0.1, 0.15) is 5.75 Å². The largest absolute Gasteiger partial charge is 0.573 e. The molecule has 1 saturated carbocycles. The van der Waals surface area contributed by atoms with Gasteiger partial charge in [-0.3, -0.25) is 9.79 Å². The minimum Gasteiger partial charge on any atom is -0.469 e. The molecule has 154 valence electrons. The maximum Gasteiger partial charge on any atom is 0.573 e. The van der Waals surface area contributed by atoms with Crippen molar-refractivity contribution in [1.82, 2.24) is 10.2 Å². The van der Waals surface area contributed by atoms with E-state index in [1.807, 2.05) is 0 Å². The van der Waals surface area contributed by atoms with Crippen LogP contribution >= 0.6 is 0 Å². The van der Waals surface area contributed by atoms with E-state index in [0.717, 1.165) is 0 Å². The van der Waals surface area contributed by atoms with Gasteiger partial charge in [0.05, 0.1) is 13.0 Å². The number of rotatable bonds is 4. The van der Waals surface area contributed by atoms with Crippen molar-refractivity contribution in [3.8, 4) is 5.75 Å². The number of piperidine rings is 1. The number of halogens is 3. The molecule has 6 nitrogen and oxygen atoms in total. The third-order valence-electron chi connectivity index (χ3n) is 5.19. The molecule has 1 aromatic carbocycles. The number of methoxy groups -OCH3 is 1. The van der Waals surface area contributed by atoms with Crippen molar-refractivity contribution in [2.45, 2.75) is 37.6 Å². The van der Waals surface area contributed by atoms with Crippen molar-refractivity contribution in [2.75, 3.05) is 27.2 Å². The molecule has 1 heterocycles. The summed E-state index contributed by atoms with van der Waals surface area (Å²) in [6.07, 6.45) is -2.64. The SMILES string of the molecule is CN=C(NC1CC1c1ccccc1OC(F)(F)F)N1CCC(C(=O)OC)CC1. The van der Waals surface area contributed by atoms with E-state index in [4.69, 9.17) is 4.74 Å². The van der Waals surface area contributed by atoms with E-state index in [9.17, 15) is 18.0 Å². The first-order valence-electron chi connectivity index (χ1n) is 9.23. The molecular weight excluding hydrogens is 375 g/mol. The van der Waals surface area contributed by atoms with E-state index in [1.165, 1.54) is 19.2 Å². The fourth-order valence-corrected chi connectivity index (χ4v) is 3.66. The Kier molecular flexibility index (Phi) is 6.00. The summed E-state index contributed by atoms with van der Waals surface area (Å²) in [7, 11) is 3.07. The molecule has 1 aliphatic carbocycles. The van der Waals surface area contributed by atoms with Gasteiger partial charge in [-0.15, -0.1) is 13.2 Å². The van der Waals surface area contributed by atoms with Crippen molar-refractivity contribution < 1.29 is 27.4 Å². The molecule has 2 aliphatic rings. The molecule has 1 aliphatic heterocycles. The molecule has 28 heavy (non-hydrogen) atoms. The number of hydrogen-bond donors (Lipinski definition) is 1. The highest BCUT2D eigenvalue weighted by Gasteiger charge is 2.43. The van der Waals surface area contributed by atoms with Gasteiger partial charge >= 0.3 is 12.3 Å². The smallest absolute Gasteiger partial charge is 0.469 e. The zero-order chi connectivity index (χ0) is 20.3. The number of benzene rings is 1. The number of ether oxygens (including phenoxy) is 2. The lowest BCUT2D eigenvalue weighted by molar-refractivity contribution is -0.274. The van der Waals surface area contributed by atoms with Gasteiger partial charge in [-0.1, -0.05) is 18.2 Å². The molecule has 2 unspecified atom stereocenters. The first-order valence-corrected chi connectivity index (χ1v) is 9.23. The topological polar surface area (TPSA) is 63.2 Å². The number of nitrogens with zero attached hydrogens (tertiary/aromatic N) is 2. The van der Waals surface area contributed by atoms with Gasteiger partial charge in [0.2, 0.25) is 0 Å². The first-order chi connectivity index (χ1) is 13.3. The zero-order valence-electron chi connectivity index (χ0n) is 15.8. The maximum absolute atomic E-state index is 12.6. The number of aliphatic imine (C=N–C) groups is 1. The van der Waals surface area contributed by atoms with Gasteiger partial charge in [-0.2, -0.15) is 0 Å². The van der Waals surface area contributed by atoms with E-state index in [-0.39, 0.29) is 29.6 Å². The summed E-state index contributed by atoms with van der Waals surface area (Å²) < 4.78 is 46.8. The van der Waals surface area contributed by atoms with Crippen LogP contribution in [0.4, 0.5) is 13.2 Å². The van der Waals surface area contributed by atoms with Crippen LogP contribution in [0.25, 0.3) is 0 Å². The number of hydrogen-bond acceptors (Lipinski definition) is 4. The molecule has 0 bridgehead atoms. The third-order valence-corrected chi connectivity index (χ3v) is 5.19. The van der Waals surface area contributed by atoms with E-state index >= 15 is 0 Å². The van der Waals surface area contributed by atoms with Crippen LogP contribution in [0.15, 0.2) is 29.3 Å². The highest BCUT2D eigenvalue weighted by molar-refractivity contribution is 5.81. The lowest BCUT2D eigenvalue weighted by atomic mass is 9.97. The Morgan fingerprint density at radius 1 is 1.25 bits per heavy atom.